The van der Waals surface area contributed by atoms with Gasteiger partial charge in [-0.2, -0.15) is 5.10 Å². The highest BCUT2D eigenvalue weighted by molar-refractivity contribution is 7.99. The quantitative estimate of drug-likeness (QED) is 0.533. The average molecular weight is 315 g/mol. The second kappa shape index (κ2) is 6.90. The molecule has 3 rings (SSSR count). The normalized spacial score (nSPS) is 10.5. The smallest absolute Gasteiger partial charge is 0.256 e. The van der Waals surface area contributed by atoms with Gasteiger partial charge in [-0.25, -0.2) is 4.98 Å². The molecule has 0 saturated carbocycles. The van der Waals surface area contributed by atoms with Crippen molar-refractivity contribution >= 4 is 17.7 Å². The molecule has 2 aromatic heterocycles. The fourth-order valence-electron chi connectivity index (χ4n) is 1.87. The van der Waals surface area contributed by atoms with Gasteiger partial charge in [0.2, 0.25) is 0 Å². The summed E-state index contributed by atoms with van der Waals surface area (Å²) in [5.41, 5.74) is 1.25. The minimum absolute atomic E-state index is 0.210. The van der Waals surface area contributed by atoms with E-state index < -0.39 is 0 Å². The van der Waals surface area contributed by atoms with Crippen LogP contribution in [0.15, 0.2) is 52.5 Å². The second-order valence-electron chi connectivity index (χ2n) is 4.33. The molecule has 0 aliphatic rings. The van der Waals surface area contributed by atoms with Gasteiger partial charge in [0.05, 0.1) is 6.20 Å². The van der Waals surface area contributed by atoms with E-state index in [2.05, 4.69) is 25.7 Å². The van der Waals surface area contributed by atoms with Crippen molar-refractivity contribution in [2.24, 2.45) is 0 Å². The predicted molar refractivity (Wildman–Crippen MR) is 81.4 cm³/mol. The molecule has 112 valence electrons. The molecular formula is C14H13N5O2S. The number of hydrogen-bond donors (Lipinski definition) is 2. The highest BCUT2D eigenvalue weighted by atomic mass is 32.2. The van der Waals surface area contributed by atoms with Crippen LogP contribution in [-0.4, -0.2) is 38.5 Å². The van der Waals surface area contributed by atoms with Crippen molar-refractivity contribution in [2.45, 2.75) is 5.16 Å². The molecule has 7 nitrogen and oxygen atoms in total. The summed E-state index contributed by atoms with van der Waals surface area (Å²) < 4.78 is 5.20. The number of rotatable bonds is 6. The van der Waals surface area contributed by atoms with Crippen LogP contribution in [0.25, 0.3) is 11.3 Å². The molecule has 2 heterocycles. The molecule has 0 fully saturated rings. The van der Waals surface area contributed by atoms with Gasteiger partial charge in [-0.15, -0.1) is 0 Å². The molecule has 0 atom stereocenters. The van der Waals surface area contributed by atoms with Gasteiger partial charge < -0.3 is 9.84 Å². The first-order valence-corrected chi connectivity index (χ1v) is 7.59. The van der Waals surface area contributed by atoms with Gasteiger partial charge in [-0.1, -0.05) is 47.3 Å². The minimum atomic E-state index is -0.210. The zero-order valence-electron chi connectivity index (χ0n) is 11.5. The van der Waals surface area contributed by atoms with Crippen LogP contribution >= 0.6 is 11.8 Å². The van der Waals surface area contributed by atoms with Gasteiger partial charge in [-0.3, -0.25) is 9.89 Å². The zero-order chi connectivity index (χ0) is 15.2. The first-order chi connectivity index (χ1) is 10.8. The van der Waals surface area contributed by atoms with Gasteiger partial charge >= 0.3 is 0 Å². The van der Waals surface area contributed by atoms with Crippen molar-refractivity contribution < 1.29 is 9.32 Å². The SMILES string of the molecule is O=C(NCCSc1ncn[nH]1)c1cnoc1-c1ccccc1. The number of aromatic amines is 1. The lowest BCUT2D eigenvalue weighted by Gasteiger charge is -2.04. The fraction of sp³-hybridized carbons (Fsp3) is 0.143. The van der Waals surface area contributed by atoms with Gasteiger partial charge in [0, 0.05) is 17.9 Å². The molecule has 0 aliphatic carbocycles. The van der Waals surface area contributed by atoms with E-state index in [-0.39, 0.29) is 5.91 Å². The van der Waals surface area contributed by atoms with Crippen LogP contribution < -0.4 is 5.32 Å². The molecule has 0 spiro atoms. The number of aromatic nitrogens is 4. The molecule has 8 heteroatoms. The van der Waals surface area contributed by atoms with Crippen LogP contribution in [0.4, 0.5) is 0 Å². The summed E-state index contributed by atoms with van der Waals surface area (Å²) in [6.45, 7) is 0.504. The number of H-pyrrole nitrogens is 1. The Morgan fingerprint density at radius 1 is 1.32 bits per heavy atom. The monoisotopic (exact) mass is 315 g/mol. The van der Waals surface area contributed by atoms with Crippen LogP contribution in [0, 0.1) is 0 Å². The van der Waals surface area contributed by atoms with Crippen LogP contribution in [-0.2, 0) is 0 Å². The summed E-state index contributed by atoms with van der Waals surface area (Å²) in [7, 11) is 0. The van der Waals surface area contributed by atoms with E-state index in [9.17, 15) is 4.79 Å². The van der Waals surface area contributed by atoms with Gasteiger partial charge in [0.15, 0.2) is 10.9 Å². The van der Waals surface area contributed by atoms with E-state index in [1.807, 2.05) is 30.3 Å². The van der Waals surface area contributed by atoms with E-state index in [1.165, 1.54) is 24.3 Å². The topological polar surface area (TPSA) is 96.7 Å². The van der Waals surface area contributed by atoms with Crippen LogP contribution in [0.1, 0.15) is 10.4 Å². The molecule has 1 aromatic carbocycles. The maximum absolute atomic E-state index is 12.2. The van der Waals surface area contributed by atoms with E-state index >= 15 is 0 Å². The largest absolute Gasteiger partial charge is 0.355 e. The Hall–Kier alpha value is -2.61. The maximum Gasteiger partial charge on any atom is 0.256 e. The van der Waals surface area contributed by atoms with Crippen molar-refractivity contribution in [3.63, 3.8) is 0 Å². The summed E-state index contributed by atoms with van der Waals surface area (Å²) >= 11 is 1.48. The Balaban J connectivity index is 1.58. The zero-order valence-corrected chi connectivity index (χ0v) is 12.3. The number of hydrogen-bond acceptors (Lipinski definition) is 6. The highest BCUT2D eigenvalue weighted by Gasteiger charge is 2.17. The molecule has 1 amide bonds. The first-order valence-electron chi connectivity index (χ1n) is 6.61. The molecule has 0 unspecified atom stereocenters. The third kappa shape index (κ3) is 3.34. The fourth-order valence-corrected chi connectivity index (χ4v) is 2.51. The molecule has 3 aromatic rings. The highest BCUT2D eigenvalue weighted by Crippen LogP contribution is 2.23. The number of carbonyl (C=O) groups excluding carboxylic acids is 1. The second-order valence-corrected chi connectivity index (χ2v) is 5.41. The summed E-state index contributed by atoms with van der Waals surface area (Å²) in [6.07, 6.45) is 2.88. The van der Waals surface area contributed by atoms with Crippen LogP contribution in [0.2, 0.25) is 0 Å². The van der Waals surface area contributed by atoms with Gasteiger partial charge in [0.25, 0.3) is 5.91 Å². The summed E-state index contributed by atoms with van der Waals surface area (Å²) in [4.78, 5) is 16.2. The molecule has 2 N–H and O–H groups in total. The third-order valence-electron chi connectivity index (χ3n) is 2.87. The van der Waals surface area contributed by atoms with E-state index in [1.54, 1.807) is 0 Å². The average Bonchev–Trinajstić information content (AvgIpc) is 3.23. The number of benzene rings is 1. The van der Waals surface area contributed by atoms with E-state index in [0.29, 0.717) is 23.6 Å². The van der Waals surface area contributed by atoms with Crippen LogP contribution in [0.5, 0.6) is 0 Å². The number of amides is 1. The van der Waals surface area contributed by atoms with Gasteiger partial charge in [0.1, 0.15) is 11.9 Å². The Morgan fingerprint density at radius 2 is 2.18 bits per heavy atom. The van der Waals surface area contributed by atoms with Crippen LogP contribution in [0.3, 0.4) is 0 Å². The summed E-state index contributed by atoms with van der Waals surface area (Å²) in [6, 6.07) is 9.41. The lowest BCUT2D eigenvalue weighted by Crippen LogP contribution is -2.25. The number of carbonyl (C=O) groups is 1. The van der Waals surface area contributed by atoms with Gasteiger partial charge in [-0.05, 0) is 0 Å². The summed E-state index contributed by atoms with van der Waals surface area (Å²) in [5.74, 6) is 0.951. The standard InChI is InChI=1S/C14H13N5O2S/c20-13(15-6-7-22-14-16-9-17-19-14)11-8-18-21-12(11)10-4-2-1-3-5-10/h1-5,8-9H,6-7H2,(H,15,20)(H,16,17,19). The molecule has 0 radical (unpaired) electrons. The summed E-state index contributed by atoms with van der Waals surface area (Å²) in [5, 5.41) is 13.8. The first kappa shape index (κ1) is 14.3. The molecule has 0 bridgehead atoms. The minimum Gasteiger partial charge on any atom is -0.355 e. The third-order valence-corrected chi connectivity index (χ3v) is 3.75. The number of nitrogens with zero attached hydrogens (tertiary/aromatic N) is 3. The maximum atomic E-state index is 12.2. The molecule has 0 aliphatic heterocycles. The van der Waals surface area contributed by atoms with E-state index in [4.69, 9.17) is 4.52 Å². The molecular weight excluding hydrogens is 302 g/mol. The van der Waals surface area contributed by atoms with Crippen molar-refractivity contribution in [1.82, 2.24) is 25.7 Å². The Kier molecular flexibility index (Phi) is 4.50. The van der Waals surface area contributed by atoms with Crippen molar-refractivity contribution in [2.75, 3.05) is 12.3 Å². The number of thioether (sulfide) groups is 1. The lowest BCUT2D eigenvalue weighted by atomic mass is 10.1. The van der Waals surface area contributed by atoms with Crippen molar-refractivity contribution in [3.05, 3.63) is 48.4 Å². The number of nitrogens with one attached hydrogen (secondary N) is 2. The van der Waals surface area contributed by atoms with Crippen molar-refractivity contribution in [3.8, 4) is 11.3 Å². The lowest BCUT2D eigenvalue weighted by molar-refractivity contribution is 0.0956. The van der Waals surface area contributed by atoms with E-state index in [0.717, 1.165) is 10.7 Å². The van der Waals surface area contributed by atoms with Crippen molar-refractivity contribution in [1.29, 1.82) is 0 Å². The Morgan fingerprint density at radius 3 is 2.95 bits per heavy atom. The molecule has 22 heavy (non-hydrogen) atoms. The predicted octanol–water partition coefficient (Wildman–Crippen LogP) is 1.98. The Labute approximate surface area is 130 Å². The molecule has 0 saturated heterocycles. The Bertz CT molecular complexity index is 727.